The number of aromatic nitrogens is 4. The third-order valence-electron chi connectivity index (χ3n) is 11.1. The fraction of sp³-hybridized carbons (Fsp3) is 0.513. The first-order valence-corrected chi connectivity index (χ1v) is 20.7. The minimum atomic E-state index is -4.12. The second-order valence-corrected chi connectivity index (χ2v) is 18.4. The Morgan fingerprint density at radius 3 is 2.46 bits per heavy atom. The van der Waals surface area contributed by atoms with Gasteiger partial charge in [0.05, 0.1) is 28.7 Å². The fourth-order valence-electron chi connectivity index (χ4n) is 7.66. The van der Waals surface area contributed by atoms with Gasteiger partial charge in [-0.1, -0.05) is 56.2 Å². The third-order valence-corrected chi connectivity index (χ3v) is 12.9. The van der Waals surface area contributed by atoms with Crippen LogP contribution in [0.1, 0.15) is 70.8 Å². The van der Waals surface area contributed by atoms with Gasteiger partial charge in [-0.3, -0.25) is 19.1 Å². The van der Waals surface area contributed by atoms with E-state index in [2.05, 4.69) is 20.8 Å². The molecule has 2 saturated carbocycles. The van der Waals surface area contributed by atoms with Gasteiger partial charge >= 0.3 is 6.01 Å². The van der Waals surface area contributed by atoms with Gasteiger partial charge in [0.25, 0.3) is 5.91 Å². The largest absolute Gasteiger partial charge is 0.471 e. The zero-order chi connectivity index (χ0) is 40.3. The van der Waals surface area contributed by atoms with Gasteiger partial charge in [0, 0.05) is 18.4 Å². The molecule has 0 unspecified atom stereocenters. The van der Waals surface area contributed by atoms with Gasteiger partial charge in [-0.2, -0.15) is 0 Å². The Bertz CT molecular complexity index is 2330. The first-order chi connectivity index (χ1) is 27.1. The van der Waals surface area contributed by atoms with Gasteiger partial charge in [-0.25, -0.2) is 27.2 Å². The van der Waals surface area contributed by atoms with Crippen LogP contribution in [-0.4, -0.2) is 93.2 Å². The molecule has 6 bridgehead atoms. The number of carbonyl (C=O) groups is 3. The minimum Gasteiger partial charge on any atom is -0.471 e. The number of ether oxygens (including phenoxy) is 1. The topological polar surface area (TPSA) is 199 Å². The molecule has 4 heterocycles. The molecule has 302 valence electrons. The van der Waals surface area contributed by atoms with E-state index in [9.17, 15) is 31.6 Å². The summed E-state index contributed by atoms with van der Waals surface area (Å²) in [5, 5.41) is 13.1. The first kappa shape index (κ1) is 38.6. The van der Waals surface area contributed by atoms with Crippen molar-refractivity contribution in [1.82, 2.24) is 35.1 Å². The van der Waals surface area contributed by atoms with E-state index in [1.54, 1.807) is 6.07 Å². The summed E-state index contributed by atoms with van der Waals surface area (Å²) in [5.74, 6) is -3.78. The van der Waals surface area contributed by atoms with Gasteiger partial charge in [0.2, 0.25) is 40.0 Å². The molecule has 2 aliphatic heterocycles. The molecule has 57 heavy (non-hydrogen) atoms. The molecule has 3 N–H and O–H groups in total. The fourth-order valence-corrected chi connectivity index (χ4v) is 9.02. The predicted octanol–water partition coefficient (Wildman–Crippen LogP) is 4.18. The molecule has 15 nitrogen and oxygen atoms in total. The summed E-state index contributed by atoms with van der Waals surface area (Å²) in [6.07, 6.45) is -0.966. The van der Waals surface area contributed by atoms with E-state index in [-0.39, 0.29) is 24.9 Å². The Hall–Kier alpha value is -5.26. The molecular weight excluding hydrogens is 763 g/mol. The van der Waals surface area contributed by atoms with Crippen LogP contribution in [0.4, 0.5) is 14.8 Å². The smallest absolute Gasteiger partial charge is 0.316 e. The number of alkyl halides is 2. The number of amides is 3. The number of halogens is 2. The normalized spacial score (nSPS) is 25.4. The van der Waals surface area contributed by atoms with E-state index < -0.39 is 80.9 Å². The molecule has 18 heteroatoms. The van der Waals surface area contributed by atoms with Crippen LogP contribution in [0.2, 0.25) is 0 Å². The van der Waals surface area contributed by atoms with Crippen LogP contribution >= 0.6 is 0 Å². The minimum absolute atomic E-state index is 0.0122. The molecule has 2 aliphatic carbocycles. The molecule has 8 rings (SSSR count). The number of hydrogen-bond acceptors (Lipinski definition) is 12. The van der Waals surface area contributed by atoms with Crippen molar-refractivity contribution < 1.29 is 40.7 Å². The number of sulfonamides is 1. The average molecular weight is 807 g/mol. The number of hydrogen-bond donors (Lipinski definition) is 3. The zero-order valence-corrected chi connectivity index (χ0v) is 32.5. The van der Waals surface area contributed by atoms with Crippen molar-refractivity contribution in [2.75, 3.05) is 11.9 Å². The van der Waals surface area contributed by atoms with Gasteiger partial charge in [0.1, 0.15) is 29.4 Å². The highest BCUT2D eigenvalue weighted by Gasteiger charge is 2.67. The predicted molar refractivity (Wildman–Crippen MR) is 202 cm³/mol. The lowest BCUT2D eigenvalue weighted by Crippen LogP contribution is -2.59. The molecule has 2 aromatic carbocycles. The van der Waals surface area contributed by atoms with Crippen molar-refractivity contribution in [2.24, 2.45) is 11.3 Å². The highest BCUT2D eigenvalue weighted by molar-refractivity contribution is 7.91. The van der Waals surface area contributed by atoms with Crippen LogP contribution in [0.5, 0.6) is 5.88 Å². The van der Waals surface area contributed by atoms with Gasteiger partial charge in [-0.05, 0) is 67.7 Å². The van der Waals surface area contributed by atoms with Crippen LogP contribution in [0.25, 0.3) is 22.3 Å². The van der Waals surface area contributed by atoms with Crippen LogP contribution in [0, 0.1) is 11.3 Å². The summed E-state index contributed by atoms with van der Waals surface area (Å²) in [6, 6.07) is 12.8. The maximum Gasteiger partial charge on any atom is 0.316 e. The zero-order valence-electron chi connectivity index (χ0n) is 31.7. The molecule has 0 radical (unpaired) electrons. The van der Waals surface area contributed by atoms with Crippen molar-refractivity contribution in [1.29, 1.82) is 0 Å². The Morgan fingerprint density at radius 1 is 1.02 bits per heavy atom. The molecule has 2 aromatic heterocycles. The second kappa shape index (κ2) is 14.6. The third kappa shape index (κ3) is 7.87. The van der Waals surface area contributed by atoms with Gasteiger partial charge in [-0.15, -0.1) is 5.10 Å². The van der Waals surface area contributed by atoms with Crippen LogP contribution in [0.15, 0.2) is 52.9 Å². The van der Waals surface area contributed by atoms with E-state index in [1.807, 2.05) is 68.0 Å². The van der Waals surface area contributed by atoms with E-state index >= 15 is 0 Å². The highest BCUT2D eigenvalue weighted by Crippen LogP contribution is 2.48. The number of anilines is 1. The van der Waals surface area contributed by atoms with Crippen LogP contribution in [-0.2, 0) is 37.2 Å². The Morgan fingerprint density at radius 2 is 1.75 bits per heavy atom. The standard InChI is InChI=1S/C39H44F2N8O7S/c1-38(2,3)31-35(51)49-20-23(18-28(49)33(50)45-39(19-25(39)32(40)41)36(52)48-57(53,54)24-15-16-24)55-34-30(42-26-12-5-6-13-27(26)43-34)22-11-8-10-21(17-22)9-4-7-14-29-46-47-37(44-31)56-29/h5-6,8,10-13,17,23-25,28,31-32H,4,7,9,14-16,18-20H2,1-3H3,(H,44,47)(H,45,50)(H,48,52)/t23-,25+,28+,31-,39-/m1/s1. The summed E-state index contributed by atoms with van der Waals surface area (Å²) < 4.78 is 68.3. The van der Waals surface area contributed by atoms with Crippen LogP contribution in [0.3, 0.4) is 0 Å². The molecule has 4 aromatic rings. The maximum atomic E-state index is 14.7. The molecule has 4 aliphatic rings. The first-order valence-electron chi connectivity index (χ1n) is 19.2. The summed E-state index contributed by atoms with van der Waals surface area (Å²) in [7, 11) is -4.12. The Balaban J connectivity index is 1.17. The number of nitrogens with zero attached hydrogens (tertiary/aromatic N) is 5. The number of benzene rings is 2. The van der Waals surface area contributed by atoms with Crippen molar-refractivity contribution in [3.05, 3.63) is 60.0 Å². The average Bonchev–Trinajstić information content (AvgIpc) is 4.06. The van der Waals surface area contributed by atoms with Crippen molar-refractivity contribution in [3.63, 3.8) is 0 Å². The number of rotatable bonds is 6. The highest BCUT2D eigenvalue weighted by atomic mass is 32.2. The van der Waals surface area contributed by atoms with E-state index in [1.165, 1.54) is 4.90 Å². The lowest BCUT2D eigenvalue weighted by Gasteiger charge is -2.35. The second-order valence-electron chi connectivity index (χ2n) is 16.5. The molecule has 1 saturated heterocycles. The molecule has 3 fully saturated rings. The lowest BCUT2D eigenvalue weighted by atomic mass is 9.85. The number of aryl methyl sites for hydroxylation is 2. The maximum absolute atomic E-state index is 14.7. The molecule has 5 atom stereocenters. The van der Waals surface area contributed by atoms with Crippen molar-refractivity contribution in [2.45, 2.75) is 108 Å². The summed E-state index contributed by atoms with van der Waals surface area (Å²) >= 11 is 0. The van der Waals surface area contributed by atoms with Crippen LogP contribution < -0.4 is 20.1 Å². The Labute approximate surface area is 327 Å². The van der Waals surface area contributed by atoms with E-state index in [0.29, 0.717) is 41.9 Å². The SMILES string of the molecule is CC(C)(C)[C@@H]1Nc2nnc(o2)CCCCc2cccc(c2)-c2nc3ccccc3nc2O[C@@H]2C[C@@H](C(=O)N[C@]3(C(=O)NS(=O)(=O)C4CC4)C[C@H]3C(F)F)N(C2)C1=O. The Kier molecular flexibility index (Phi) is 9.89. The molecule has 3 amide bonds. The number of fused-ring (bicyclic) bond motifs is 9. The summed E-state index contributed by atoms with van der Waals surface area (Å²) in [5.41, 5.74) is 0.466. The monoisotopic (exact) mass is 806 g/mol. The quantitative estimate of drug-likeness (QED) is 0.252. The molecular formula is C39H44F2N8O7S. The lowest BCUT2D eigenvalue weighted by molar-refractivity contribution is -0.141. The van der Waals surface area contributed by atoms with E-state index in [0.717, 1.165) is 30.4 Å². The van der Waals surface area contributed by atoms with E-state index in [4.69, 9.17) is 19.1 Å². The van der Waals surface area contributed by atoms with Crippen molar-refractivity contribution in [3.8, 4) is 17.1 Å². The number of carbonyl (C=O) groups excluding carboxylic acids is 3. The summed E-state index contributed by atoms with van der Waals surface area (Å²) in [4.78, 5) is 53.7. The number of nitrogens with one attached hydrogen (secondary N) is 3. The molecule has 0 spiro atoms. The summed E-state index contributed by atoms with van der Waals surface area (Å²) in [6.45, 7) is 5.31. The van der Waals surface area contributed by atoms with Gasteiger partial charge < -0.3 is 24.7 Å². The van der Waals surface area contributed by atoms with Gasteiger partial charge in [0.15, 0.2) is 0 Å². The number of para-hydroxylation sites is 2. The van der Waals surface area contributed by atoms with Crippen molar-refractivity contribution >= 4 is 44.8 Å².